The molecule has 2 heteroatoms. The van der Waals surface area contributed by atoms with Gasteiger partial charge in [0.15, 0.2) is 0 Å². The third-order valence-electron chi connectivity index (χ3n) is 3.49. The molecule has 0 aromatic carbocycles. The van der Waals surface area contributed by atoms with E-state index in [1.807, 2.05) is 6.92 Å². The largest absolute Gasteiger partial charge is 0.297 e. The Kier molecular flexibility index (Phi) is 2.35. The first-order valence-electron chi connectivity index (χ1n) is 5.15. The van der Waals surface area contributed by atoms with Gasteiger partial charge in [0.05, 0.1) is 0 Å². The average molecular weight is 171 g/mol. The summed E-state index contributed by atoms with van der Waals surface area (Å²) in [4.78, 5) is 2.36. The number of rotatable bonds is 1. The standard InChI is InChI=1S/C10H18FN/c1-8-5-6-12(7-10(8)11)9-3-2-4-9/h8-10H,2-7H2,1H3/t8-,10+/m0/s1. The number of piperidine rings is 1. The highest BCUT2D eigenvalue weighted by molar-refractivity contribution is 4.86. The van der Waals surface area contributed by atoms with Crippen molar-refractivity contribution in [1.82, 2.24) is 4.90 Å². The first kappa shape index (κ1) is 8.49. The second kappa shape index (κ2) is 3.33. The van der Waals surface area contributed by atoms with Crippen molar-refractivity contribution in [1.29, 1.82) is 0 Å². The molecule has 1 aliphatic heterocycles. The van der Waals surface area contributed by atoms with Gasteiger partial charge in [0.2, 0.25) is 0 Å². The van der Waals surface area contributed by atoms with Crippen molar-refractivity contribution < 1.29 is 4.39 Å². The number of nitrogens with zero attached hydrogens (tertiary/aromatic N) is 1. The van der Waals surface area contributed by atoms with Crippen LogP contribution in [0.2, 0.25) is 0 Å². The van der Waals surface area contributed by atoms with Gasteiger partial charge >= 0.3 is 0 Å². The van der Waals surface area contributed by atoms with E-state index in [0.717, 1.165) is 19.0 Å². The van der Waals surface area contributed by atoms with E-state index < -0.39 is 6.17 Å². The van der Waals surface area contributed by atoms with Crippen LogP contribution in [0.5, 0.6) is 0 Å². The molecular weight excluding hydrogens is 153 g/mol. The van der Waals surface area contributed by atoms with Gasteiger partial charge in [-0.05, 0) is 31.7 Å². The minimum absolute atomic E-state index is 0.293. The van der Waals surface area contributed by atoms with E-state index in [0.29, 0.717) is 12.5 Å². The zero-order chi connectivity index (χ0) is 8.55. The molecule has 1 heterocycles. The molecule has 1 aliphatic carbocycles. The number of halogens is 1. The molecule has 2 fully saturated rings. The Balaban J connectivity index is 1.84. The average Bonchev–Trinajstić information content (AvgIpc) is 1.93. The van der Waals surface area contributed by atoms with Gasteiger partial charge in [0, 0.05) is 12.6 Å². The van der Waals surface area contributed by atoms with Gasteiger partial charge in [0.1, 0.15) is 6.17 Å². The molecule has 0 aromatic heterocycles. The Bertz CT molecular complexity index is 156. The zero-order valence-electron chi connectivity index (χ0n) is 7.80. The molecule has 0 unspecified atom stereocenters. The maximum atomic E-state index is 13.3. The molecule has 1 saturated heterocycles. The Morgan fingerprint density at radius 1 is 1.25 bits per heavy atom. The van der Waals surface area contributed by atoms with Crippen LogP contribution in [-0.2, 0) is 0 Å². The molecular formula is C10H18FN. The van der Waals surface area contributed by atoms with Crippen LogP contribution < -0.4 is 0 Å². The van der Waals surface area contributed by atoms with Crippen molar-refractivity contribution in [3.8, 4) is 0 Å². The summed E-state index contributed by atoms with van der Waals surface area (Å²) in [5.74, 6) is 0.293. The van der Waals surface area contributed by atoms with Crippen LogP contribution in [0.15, 0.2) is 0 Å². The van der Waals surface area contributed by atoms with Crippen LogP contribution in [0.1, 0.15) is 32.6 Å². The summed E-state index contributed by atoms with van der Waals surface area (Å²) < 4.78 is 13.3. The topological polar surface area (TPSA) is 3.24 Å². The fourth-order valence-electron chi connectivity index (χ4n) is 2.13. The van der Waals surface area contributed by atoms with E-state index in [-0.39, 0.29) is 0 Å². The monoisotopic (exact) mass is 171 g/mol. The lowest BCUT2D eigenvalue weighted by molar-refractivity contribution is 0.0349. The highest BCUT2D eigenvalue weighted by Gasteiger charge is 2.32. The molecule has 0 spiro atoms. The van der Waals surface area contributed by atoms with Crippen LogP contribution in [0.4, 0.5) is 4.39 Å². The van der Waals surface area contributed by atoms with E-state index in [4.69, 9.17) is 0 Å². The molecule has 2 atom stereocenters. The fourth-order valence-corrected chi connectivity index (χ4v) is 2.13. The predicted octanol–water partition coefficient (Wildman–Crippen LogP) is 2.22. The summed E-state index contributed by atoms with van der Waals surface area (Å²) in [5, 5.41) is 0. The summed E-state index contributed by atoms with van der Waals surface area (Å²) in [7, 11) is 0. The molecule has 1 nitrogen and oxygen atoms in total. The van der Waals surface area contributed by atoms with Crippen molar-refractivity contribution in [2.75, 3.05) is 13.1 Å². The van der Waals surface area contributed by atoms with E-state index >= 15 is 0 Å². The molecule has 12 heavy (non-hydrogen) atoms. The van der Waals surface area contributed by atoms with Crippen LogP contribution >= 0.6 is 0 Å². The van der Waals surface area contributed by atoms with E-state index in [1.54, 1.807) is 0 Å². The molecule has 0 aromatic rings. The maximum Gasteiger partial charge on any atom is 0.115 e. The normalized spacial score (nSPS) is 39.5. The third kappa shape index (κ3) is 1.49. The van der Waals surface area contributed by atoms with E-state index in [1.165, 1.54) is 19.3 Å². The number of hydrogen-bond donors (Lipinski definition) is 0. The lowest BCUT2D eigenvalue weighted by Crippen LogP contribution is -2.48. The maximum absolute atomic E-state index is 13.3. The van der Waals surface area contributed by atoms with Crippen molar-refractivity contribution in [2.24, 2.45) is 5.92 Å². The Morgan fingerprint density at radius 3 is 2.50 bits per heavy atom. The second-order valence-electron chi connectivity index (χ2n) is 4.36. The van der Waals surface area contributed by atoms with Gasteiger partial charge < -0.3 is 0 Å². The van der Waals surface area contributed by atoms with Crippen LogP contribution in [-0.4, -0.2) is 30.2 Å². The van der Waals surface area contributed by atoms with Crippen molar-refractivity contribution in [2.45, 2.75) is 44.8 Å². The third-order valence-corrected chi connectivity index (χ3v) is 3.49. The van der Waals surface area contributed by atoms with Crippen LogP contribution in [0.25, 0.3) is 0 Å². The molecule has 2 rings (SSSR count). The number of hydrogen-bond acceptors (Lipinski definition) is 1. The van der Waals surface area contributed by atoms with Gasteiger partial charge in [-0.3, -0.25) is 4.90 Å². The Labute approximate surface area is 73.9 Å². The highest BCUT2D eigenvalue weighted by atomic mass is 19.1. The Morgan fingerprint density at radius 2 is 2.00 bits per heavy atom. The molecule has 1 saturated carbocycles. The molecule has 70 valence electrons. The molecule has 2 aliphatic rings. The van der Waals surface area contributed by atoms with Crippen molar-refractivity contribution in [3.63, 3.8) is 0 Å². The first-order valence-corrected chi connectivity index (χ1v) is 5.15. The van der Waals surface area contributed by atoms with Crippen LogP contribution in [0.3, 0.4) is 0 Å². The molecule has 0 amide bonds. The van der Waals surface area contributed by atoms with Gasteiger partial charge in [0.25, 0.3) is 0 Å². The zero-order valence-corrected chi connectivity index (χ0v) is 7.80. The van der Waals surface area contributed by atoms with Gasteiger partial charge in [-0.25, -0.2) is 4.39 Å². The summed E-state index contributed by atoms with van der Waals surface area (Å²) >= 11 is 0. The summed E-state index contributed by atoms with van der Waals surface area (Å²) in [6.07, 6.45) is 4.45. The summed E-state index contributed by atoms with van der Waals surface area (Å²) in [6, 6.07) is 0.732. The fraction of sp³-hybridized carbons (Fsp3) is 1.00. The lowest BCUT2D eigenvalue weighted by Gasteiger charge is -2.42. The molecule has 0 bridgehead atoms. The van der Waals surface area contributed by atoms with Gasteiger partial charge in [-0.2, -0.15) is 0 Å². The van der Waals surface area contributed by atoms with Gasteiger partial charge in [-0.1, -0.05) is 13.3 Å². The smallest absolute Gasteiger partial charge is 0.115 e. The quantitative estimate of drug-likeness (QED) is 0.584. The number of alkyl halides is 1. The minimum Gasteiger partial charge on any atom is -0.297 e. The SMILES string of the molecule is C[C@H]1CCN(C2CCC2)C[C@H]1F. The number of likely N-dealkylation sites (tertiary alicyclic amines) is 1. The second-order valence-corrected chi connectivity index (χ2v) is 4.36. The summed E-state index contributed by atoms with van der Waals surface area (Å²) in [6.45, 7) is 3.86. The molecule has 0 radical (unpaired) electrons. The highest BCUT2D eigenvalue weighted by Crippen LogP contribution is 2.29. The lowest BCUT2D eigenvalue weighted by atomic mass is 9.88. The molecule has 0 N–H and O–H groups in total. The van der Waals surface area contributed by atoms with Crippen molar-refractivity contribution in [3.05, 3.63) is 0 Å². The van der Waals surface area contributed by atoms with E-state index in [9.17, 15) is 4.39 Å². The Hall–Kier alpha value is -0.110. The van der Waals surface area contributed by atoms with E-state index in [2.05, 4.69) is 4.90 Å². The minimum atomic E-state index is -0.570. The van der Waals surface area contributed by atoms with Crippen LogP contribution in [0, 0.1) is 5.92 Å². The van der Waals surface area contributed by atoms with Gasteiger partial charge in [-0.15, -0.1) is 0 Å². The van der Waals surface area contributed by atoms with Crippen molar-refractivity contribution >= 4 is 0 Å². The summed E-state index contributed by atoms with van der Waals surface area (Å²) in [5.41, 5.74) is 0. The first-order chi connectivity index (χ1) is 5.77. The predicted molar refractivity (Wildman–Crippen MR) is 47.9 cm³/mol.